The van der Waals surface area contributed by atoms with Crippen molar-refractivity contribution in [3.63, 3.8) is 0 Å². The number of methoxy groups -OCH3 is 1. The van der Waals surface area contributed by atoms with Crippen LogP contribution in [0.15, 0.2) is 59.9 Å². The largest absolute Gasteiger partial charge is 0.496 e. The highest BCUT2D eigenvalue weighted by molar-refractivity contribution is 7.89. The van der Waals surface area contributed by atoms with E-state index >= 15 is 0 Å². The van der Waals surface area contributed by atoms with Gasteiger partial charge in [-0.2, -0.15) is 0 Å². The highest BCUT2D eigenvalue weighted by Gasteiger charge is 2.15. The average Bonchev–Trinajstić information content (AvgIpc) is 3.10. The third kappa shape index (κ3) is 3.92. The lowest BCUT2D eigenvalue weighted by molar-refractivity contribution is 0.411. The Balaban J connectivity index is 1.69. The molecule has 7 nitrogen and oxygen atoms in total. The molecule has 0 bridgehead atoms. The minimum atomic E-state index is -3.59. The van der Waals surface area contributed by atoms with Gasteiger partial charge in [0.05, 0.1) is 12.0 Å². The molecule has 0 unspecified atom stereocenters. The second kappa shape index (κ2) is 7.67. The van der Waals surface area contributed by atoms with E-state index in [1.54, 1.807) is 37.8 Å². The number of sulfonamides is 1. The van der Waals surface area contributed by atoms with Crippen molar-refractivity contribution in [3.8, 4) is 17.3 Å². The molecule has 0 atom stereocenters. The quantitative estimate of drug-likeness (QED) is 0.687. The smallest absolute Gasteiger partial charge is 0.240 e. The summed E-state index contributed by atoms with van der Waals surface area (Å²) in [4.78, 5) is 8.79. The molecule has 1 N–H and O–H groups in total. The maximum atomic E-state index is 12.5. The molecule has 2 aromatic heterocycles. The van der Waals surface area contributed by atoms with Crippen LogP contribution in [0.3, 0.4) is 0 Å². The predicted molar refractivity (Wildman–Crippen MR) is 98.4 cm³/mol. The molecule has 2 heterocycles. The van der Waals surface area contributed by atoms with Gasteiger partial charge < -0.3 is 9.30 Å². The number of aryl methyl sites for hydroxylation is 1. The molecule has 0 aliphatic carbocycles. The van der Waals surface area contributed by atoms with Crippen LogP contribution in [0.1, 0.15) is 5.56 Å². The van der Waals surface area contributed by atoms with Crippen LogP contribution in [0.25, 0.3) is 11.5 Å². The lowest BCUT2D eigenvalue weighted by Gasteiger charge is -2.11. The van der Waals surface area contributed by atoms with Gasteiger partial charge in [0, 0.05) is 31.7 Å². The highest BCUT2D eigenvalue weighted by atomic mass is 32.2. The average molecular weight is 372 g/mol. The van der Waals surface area contributed by atoms with Crippen LogP contribution in [-0.4, -0.2) is 36.6 Å². The number of nitrogens with zero attached hydrogens (tertiary/aromatic N) is 3. The minimum Gasteiger partial charge on any atom is -0.496 e. The second-order valence-corrected chi connectivity index (χ2v) is 7.46. The summed E-state index contributed by atoms with van der Waals surface area (Å²) in [5, 5.41) is 0. The van der Waals surface area contributed by atoms with Crippen LogP contribution >= 0.6 is 0 Å². The van der Waals surface area contributed by atoms with Crippen LogP contribution in [0.2, 0.25) is 0 Å². The SMILES string of the molecule is COc1ccc(S(=O)(=O)NCCn2ccnc2-c2ccccn2)cc1C. The highest BCUT2D eigenvalue weighted by Crippen LogP contribution is 2.21. The standard InChI is InChI=1S/C18H20N4O3S/c1-14-13-15(6-7-17(14)25-2)26(23,24)21-10-12-22-11-9-20-18(22)16-5-3-4-8-19-16/h3-9,11,13,21H,10,12H2,1-2H3. The fraction of sp³-hybridized carbons (Fsp3) is 0.222. The summed E-state index contributed by atoms with van der Waals surface area (Å²) in [6, 6.07) is 10.4. The van der Waals surface area contributed by atoms with E-state index in [1.165, 1.54) is 6.07 Å². The molecule has 0 radical (unpaired) electrons. The van der Waals surface area contributed by atoms with E-state index in [2.05, 4.69) is 14.7 Å². The zero-order chi connectivity index (χ0) is 18.6. The number of imidazole rings is 1. The van der Waals surface area contributed by atoms with E-state index in [0.717, 1.165) is 11.3 Å². The van der Waals surface area contributed by atoms with E-state index in [9.17, 15) is 8.42 Å². The maximum absolute atomic E-state index is 12.5. The van der Waals surface area contributed by atoms with Gasteiger partial charge >= 0.3 is 0 Å². The first-order chi connectivity index (χ1) is 12.5. The molecular weight excluding hydrogens is 352 g/mol. The van der Waals surface area contributed by atoms with Crippen molar-refractivity contribution in [2.45, 2.75) is 18.4 Å². The first-order valence-electron chi connectivity index (χ1n) is 8.08. The third-order valence-electron chi connectivity index (χ3n) is 3.93. The van der Waals surface area contributed by atoms with Crippen molar-refractivity contribution in [2.75, 3.05) is 13.7 Å². The molecule has 26 heavy (non-hydrogen) atoms. The van der Waals surface area contributed by atoms with Gasteiger partial charge in [0.1, 0.15) is 11.4 Å². The lowest BCUT2D eigenvalue weighted by Crippen LogP contribution is -2.27. The van der Waals surface area contributed by atoms with E-state index in [1.807, 2.05) is 29.7 Å². The van der Waals surface area contributed by atoms with Gasteiger partial charge in [-0.1, -0.05) is 6.07 Å². The summed E-state index contributed by atoms with van der Waals surface area (Å²) >= 11 is 0. The Morgan fingerprint density at radius 2 is 2.00 bits per heavy atom. The van der Waals surface area contributed by atoms with Crippen LogP contribution in [-0.2, 0) is 16.6 Å². The van der Waals surface area contributed by atoms with E-state index in [-0.39, 0.29) is 11.4 Å². The van der Waals surface area contributed by atoms with Gasteiger partial charge in [-0.05, 0) is 42.8 Å². The summed E-state index contributed by atoms with van der Waals surface area (Å²) in [5.74, 6) is 1.35. The topological polar surface area (TPSA) is 86.1 Å². The van der Waals surface area contributed by atoms with Crippen molar-refractivity contribution in [1.29, 1.82) is 0 Å². The number of hydrogen-bond donors (Lipinski definition) is 1. The summed E-state index contributed by atoms with van der Waals surface area (Å²) < 4.78 is 34.6. The van der Waals surface area contributed by atoms with Gasteiger partial charge in [0.2, 0.25) is 10.0 Å². The van der Waals surface area contributed by atoms with Crippen molar-refractivity contribution < 1.29 is 13.2 Å². The molecule has 0 fully saturated rings. The number of pyridine rings is 1. The minimum absolute atomic E-state index is 0.214. The Labute approximate surface area is 152 Å². The molecule has 136 valence electrons. The Kier molecular flexibility index (Phi) is 5.34. The summed E-state index contributed by atoms with van der Waals surface area (Å²) in [6.07, 6.45) is 5.17. The monoisotopic (exact) mass is 372 g/mol. The van der Waals surface area contributed by atoms with Crippen molar-refractivity contribution in [2.24, 2.45) is 0 Å². The fourth-order valence-electron chi connectivity index (χ4n) is 2.62. The second-order valence-electron chi connectivity index (χ2n) is 5.69. The molecule has 0 spiro atoms. The number of aromatic nitrogens is 3. The number of ether oxygens (including phenoxy) is 1. The van der Waals surface area contributed by atoms with Crippen molar-refractivity contribution >= 4 is 10.0 Å². The molecule has 0 aliphatic heterocycles. The Hall–Kier alpha value is -2.71. The number of nitrogens with one attached hydrogen (secondary N) is 1. The summed E-state index contributed by atoms with van der Waals surface area (Å²) in [7, 11) is -2.04. The zero-order valence-corrected chi connectivity index (χ0v) is 15.4. The molecule has 8 heteroatoms. The molecule has 1 aromatic carbocycles. The predicted octanol–water partition coefficient (Wildman–Crippen LogP) is 2.24. The normalized spacial score (nSPS) is 11.5. The van der Waals surface area contributed by atoms with Crippen LogP contribution in [0.4, 0.5) is 0 Å². The molecule has 3 rings (SSSR count). The van der Waals surface area contributed by atoms with Gasteiger partial charge in [-0.25, -0.2) is 18.1 Å². The van der Waals surface area contributed by atoms with Gasteiger partial charge in [-0.3, -0.25) is 4.98 Å². The fourth-order valence-corrected chi connectivity index (χ4v) is 3.73. The van der Waals surface area contributed by atoms with Crippen molar-refractivity contribution in [1.82, 2.24) is 19.3 Å². The van der Waals surface area contributed by atoms with Crippen LogP contribution in [0, 0.1) is 6.92 Å². The Morgan fingerprint density at radius 3 is 2.69 bits per heavy atom. The van der Waals surface area contributed by atoms with E-state index in [0.29, 0.717) is 18.1 Å². The Bertz CT molecular complexity index is 985. The molecular formula is C18H20N4O3S. The van der Waals surface area contributed by atoms with Gasteiger partial charge in [-0.15, -0.1) is 0 Å². The molecule has 3 aromatic rings. The van der Waals surface area contributed by atoms with Crippen LogP contribution < -0.4 is 9.46 Å². The first-order valence-corrected chi connectivity index (χ1v) is 9.56. The first kappa shape index (κ1) is 18.1. The van der Waals surface area contributed by atoms with E-state index < -0.39 is 10.0 Å². The molecule has 0 aliphatic rings. The number of hydrogen-bond acceptors (Lipinski definition) is 5. The van der Waals surface area contributed by atoms with Gasteiger partial charge in [0.15, 0.2) is 5.82 Å². The van der Waals surface area contributed by atoms with Crippen LogP contribution in [0.5, 0.6) is 5.75 Å². The Morgan fingerprint density at radius 1 is 1.15 bits per heavy atom. The van der Waals surface area contributed by atoms with Crippen molar-refractivity contribution in [3.05, 3.63) is 60.6 Å². The molecule has 0 saturated heterocycles. The molecule has 0 saturated carbocycles. The van der Waals surface area contributed by atoms with Gasteiger partial charge in [0.25, 0.3) is 0 Å². The third-order valence-corrected chi connectivity index (χ3v) is 5.39. The number of benzene rings is 1. The summed E-state index contributed by atoms with van der Waals surface area (Å²) in [6.45, 7) is 2.49. The zero-order valence-electron chi connectivity index (χ0n) is 14.6. The van der Waals surface area contributed by atoms with E-state index in [4.69, 9.17) is 4.74 Å². The molecule has 0 amide bonds. The lowest BCUT2D eigenvalue weighted by atomic mass is 10.2. The number of rotatable bonds is 7. The maximum Gasteiger partial charge on any atom is 0.240 e. The summed E-state index contributed by atoms with van der Waals surface area (Å²) in [5.41, 5.74) is 1.51.